The number of likely N-dealkylation sites (tertiary alicyclic amines) is 1. The van der Waals surface area contributed by atoms with E-state index < -0.39 is 0 Å². The Morgan fingerprint density at radius 1 is 1.27 bits per heavy atom. The number of pyridine rings is 1. The summed E-state index contributed by atoms with van der Waals surface area (Å²) in [6, 6.07) is 3.78. The predicted octanol–water partition coefficient (Wildman–Crippen LogP) is 1.29. The van der Waals surface area contributed by atoms with Crippen molar-refractivity contribution in [2.45, 2.75) is 25.8 Å². The van der Waals surface area contributed by atoms with Gasteiger partial charge in [0.05, 0.1) is 0 Å². The first-order chi connectivity index (χ1) is 10.8. The molecule has 0 radical (unpaired) electrons. The summed E-state index contributed by atoms with van der Waals surface area (Å²) in [5.41, 5.74) is 1.02. The van der Waals surface area contributed by atoms with Crippen molar-refractivity contribution < 1.29 is 4.79 Å². The maximum Gasteiger partial charge on any atom is 0.244 e. The SMILES string of the molecule is CC1CCN(C(=O)C(c2cccnc2)N2CCNCC2)CC1. The summed E-state index contributed by atoms with van der Waals surface area (Å²) in [6.45, 7) is 7.77. The number of piperazine rings is 1. The van der Waals surface area contributed by atoms with Gasteiger partial charge in [-0.15, -0.1) is 0 Å². The topological polar surface area (TPSA) is 48.5 Å². The summed E-state index contributed by atoms with van der Waals surface area (Å²) in [5, 5.41) is 3.36. The highest BCUT2D eigenvalue weighted by atomic mass is 16.2. The molecule has 5 heteroatoms. The lowest BCUT2D eigenvalue weighted by molar-refractivity contribution is -0.139. The highest BCUT2D eigenvalue weighted by Gasteiger charge is 2.33. The van der Waals surface area contributed by atoms with Gasteiger partial charge in [-0.3, -0.25) is 14.7 Å². The summed E-state index contributed by atoms with van der Waals surface area (Å²) < 4.78 is 0. The molecule has 2 saturated heterocycles. The van der Waals surface area contributed by atoms with Gasteiger partial charge >= 0.3 is 0 Å². The Bertz CT molecular complexity index is 479. The molecule has 3 heterocycles. The largest absolute Gasteiger partial charge is 0.341 e. The van der Waals surface area contributed by atoms with Gasteiger partial charge in [0.2, 0.25) is 5.91 Å². The molecule has 3 rings (SSSR count). The van der Waals surface area contributed by atoms with Gasteiger partial charge in [-0.2, -0.15) is 0 Å². The number of rotatable bonds is 3. The molecule has 0 bridgehead atoms. The van der Waals surface area contributed by atoms with Crippen LogP contribution in [0.25, 0.3) is 0 Å². The van der Waals surface area contributed by atoms with E-state index in [2.05, 4.69) is 27.0 Å². The van der Waals surface area contributed by atoms with Gasteiger partial charge in [0, 0.05) is 51.7 Å². The molecule has 0 spiro atoms. The van der Waals surface area contributed by atoms with Crippen LogP contribution in [0.3, 0.4) is 0 Å². The molecule has 5 nitrogen and oxygen atoms in total. The summed E-state index contributed by atoms with van der Waals surface area (Å²) >= 11 is 0. The molecule has 0 aromatic carbocycles. The van der Waals surface area contributed by atoms with E-state index in [1.54, 1.807) is 6.20 Å². The highest BCUT2D eigenvalue weighted by molar-refractivity contribution is 5.83. The predicted molar refractivity (Wildman–Crippen MR) is 86.4 cm³/mol. The van der Waals surface area contributed by atoms with Gasteiger partial charge < -0.3 is 10.2 Å². The minimum absolute atomic E-state index is 0.177. The third-order valence-corrected chi connectivity index (χ3v) is 4.85. The molecule has 2 fully saturated rings. The summed E-state index contributed by atoms with van der Waals surface area (Å²) in [6.07, 6.45) is 5.85. The number of carbonyl (C=O) groups excluding carboxylic acids is 1. The molecule has 1 amide bonds. The zero-order chi connectivity index (χ0) is 15.4. The lowest BCUT2D eigenvalue weighted by Gasteiger charge is -2.39. The number of carbonyl (C=O) groups is 1. The van der Waals surface area contributed by atoms with Gasteiger partial charge in [-0.1, -0.05) is 13.0 Å². The van der Waals surface area contributed by atoms with Crippen LogP contribution in [0.2, 0.25) is 0 Å². The maximum atomic E-state index is 13.1. The molecular weight excluding hydrogens is 276 g/mol. The smallest absolute Gasteiger partial charge is 0.244 e. The van der Waals surface area contributed by atoms with Crippen molar-refractivity contribution in [1.82, 2.24) is 20.1 Å². The fourth-order valence-electron chi connectivity index (χ4n) is 3.39. The van der Waals surface area contributed by atoms with Crippen molar-refractivity contribution in [3.05, 3.63) is 30.1 Å². The third kappa shape index (κ3) is 3.47. The van der Waals surface area contributed by atoms with Gasteiger partial charge in [-0.05, 0) is 30.4 Å². The number of nitrogens with zero attached hydrogens (tertiary/aromatic N) is 3. The van der Waals surface area contributed by atoms with Gasteiger partial charge in [0.1, 0.15) is 6.04 Å². The Kier molecular flexibility index (Phi) is 5.05. The Balaban J connectivity index is 1.79. The number of nitrogens with one attached hydrogen (secondary N) is 1. The molecule has 2 aliphatic rings. The minimum Gasteiger partial charge on any atom is -0.341 e. The van der Waals surface area contributed by atoms with E-state index in [0.29, 0.717) is 0 Å². The first-order valence-corrected chi connectivity index (χ1v) is 8.39. The fraction of sp³-hybridized carbons (Fsp3) is 0.647. The van der Waals surface area contributed by atoms with Crippen LogP contribution in [0.5, 0.6) is 0 Å². The standard InChI is InChI=1S/C17H26N4O/c1-14-4-9-21(10-5-14)17(22)16(15-3-2-6-19-13-15)20-11-7-18-8-12-20/h2-3,6,13-14,16,18H,4-5,7-12H2,1H3. The average Bonchev–Trinajstić information content (AvgIpc) is 2.57. The van der Waals surface area contributed by atoms with E-state index in [9.17, 15) is 4.79 Å². The molecule has 0 aliphatic carbocycles. The first kappa shape index (κ1) is 15.4. The lowest BCUT2D eigenvalue weighted by Crippen LogP contribution is -2.51. The lowest BCUT2D eigenvalue weighted by atomic mass is 9.97. The number of piperidine rings is 1. The molecule has 0 saturated carbocycles. The van der Waals surface area contributed by atoms with E-state index in [-0.39, 0.29) is 11.9 Å². The van der Waals surface area contributed by atoms with Crippen LogP contribution in [0.1, 0.15) is 31.4 Å². The van der Waals surface area contributed by atoms with Crippen LogP contribution >= 0.6 is 0 Å². The Morgan fingerprint density at radius 3 is 2.64 bits per heavy atom. The molecule has 22 heavy (non-hydrogen) atoms. The summed E-state index contributed by atoms with van der Waals surface area (Å²) in [4.78, 5) is 21.7. The number of hydrogen-bond acceptors (Lipinski definition) is 4. The molecule has 120 valence electrons. The molecular formula is C17H26N4O. The summed E-state index contributed by atoms with van der Waals surface area (Å²) in [5.74, 6) is 0.988. The van der Waals surface area contributed by atoms with E-state index in [4.69, 9.17) is 0 Å². The van der Waals surface area contributed by atoms with Crippen LogP contribution in [0, 0.1) is 5.92 Å². The zero-order valence-corrected chi connectivity index (χ0v) is 13.4. The minimum atomic E-state index is -0.177. The van der Waals surface area contributed by atoms with E-state index in [1.165, 1.54) is 0 Å². The van der Waals surface area contributed by atoms with Crippen LogP contribution in [-0.4, -0.2) is 60.0 Å². The molecule has 1 aromatic rings. The van der Waals surface area contributed by atoms with Gasteiger partial charge in [-0.25, -0.2) is 0 Å². The van der Waals surface area contributed by atoms with Crippen molar-refractivity contribution >= 4 is 5.91 Å². The van der Waals surface area contributed by atoms with Gasteiger partial charge in [0.25, 0.3) is 0 Å². The van der Waals surface area contributed by atoms with E-state index in [1.807, 2.05) is 18.3 Å². The van der Waals surface area contributed by atoms with Crippen LogP contribution in [-0.2, 0) is 4.79 Å². The van der Waals surface area contributed by atoms with E-state index in [0.717, 1.165) is 63.6 Å². The third-order valence-electron chi connectivity index (χ3n) is 4.85. The number of hydrogen-bond donors (Lipinski definition) is 1. The van der Waals surface area contributed by atoms with Crippen molar-refractivity contribution in [2.24, 2.45) is 5.92 Å². The quantitative estimate of drug-likeness (QED) is 0.914. The second-order valence-electron chi connectivity index (χ2n) is 6.48. The normalized spacial score (nSPS) is 22.5. The Morgan fingerprint density at radius 2 is 2.00 bits per heavy atom. The monoisotopic (exact) mass is 302 g/mol. The summed E-state index contributed by atoms with van der Waals surface area (Å²) in [7, 11) is 0. The maximum absolute atomic E-state index is 13.1. The van der Waals surface area contributed by atoms with Crippen molar-refractivity contribution in [2.75, 3.05) is 39.3 Å². The molecule has 1 aromatic heterocycles. The number of aromatic nitrogens is 1. The Labute approximate surface area is 132 Å². The van der Waals surface area contributed by atoms with Crippen molar-refractivity contribution in [1.29, 1.82) is 0 Å². The van der Waals surface area contributed by atoms with Gasteiger partial charge in [0.15, 0.2) is 0 Å². The molecule has 1 N–H and O–H groups in total. The molecule has 2 aliphatic heterocycles. The van der Waals surface area contributed by atoms with Crippen LogP contribution < -0.4 is 5.32 Å². The second-order valence-corrected chi connectivity index (χ2v) is 6.48. The molecule has 1 atom stereocenters. The van der Waals surface area contributed by atoms with Crippen molar-refractivity contribution in [3.8, 4) is 0 Å². The zero-order valence-electron chi connectivity index (χ0n) is 13.4. The highest BCUT2D eigenvalue weighted by Crippen LogP contribution is 2.26. The number of amides is 1. The van der Waals surface area contributed by atoms with E-state index >= 15 is 0 Å². The molecule has 1 unspecified atom stereocenters. The fourth-order valence-corrected chi connectivity index (χ4v) is 3.39. The van der Waals surface area contributed by atoms with Crippen molar-refractivity contribution in [3.63, 3.8) is 0 Å². The Hall–Kier alpha value is -1.46. The van der Waals surface area contributed by atoms with Crippen LogP contribution in [0.15, 0.2) is 24.5 Å². The average molecular weight is 302 g/mol. The second kappa shape index (κ2) is 7.20. The van der Waals surface area contributed by atoms with Crippen LogP contribution in [0.4, 0.5) is 0 Å². The first-order valence-electron chi connectivity index (χ1n) is 8.39.